The molecule has 1 aromatic carbocycles. The van der Waals surface area contributed by atoms with Crippen molar-refractivity contribution in [3.8, 4) is 11.3 Å². The van der Waals surface area contributed by atoms with Crippen LogP contribution < -0.4 is 0 Å². The molecule has 26 heavy (non-hydrogen) atoms. The molecule has 0 saturated carbocycles. The summed E-state index contributed by atoms with van der Waals surface area (Å²) in [7, 11) is -3.67. The van der Waals surface area contributed by atoms with Crippen molar-refractivity contribution < 1.29 is 8.42 Å². The summed E-state index contributed by atoms with van der Waals surface area (Å²) in [5, 5.41) is 5.29. The van der Waals surface area contributed by atoms with Crippen molar-refractivity contribution in [3.63, 3.8) is 0 Å². The molecule has 4 rings (SSSR count). The largest absolute Gasteiger partial charge is 0.270 e. The average molecular weight is 366 g/mol. The Hall–Kier alpha value is -2.93. The summed E-state index contributed by atoms with van der Waals surface area (Å²) in [6.45, 7) is 4.12. The molecule has 3 heterocycles. The third-order valence-corrected chi connectivity index (χ3v) is 5.91. The Morgan fingerprint density at radius 2 is 1.77 bits per heavy atom. The van der Waals surface area contributed by atoms with Crippen molar-refractivity contribution in [2.24, 2.45) is 0 Å². The molecule has 7 heteroatoms. The molecule has 0 aliphatic rings. The minimum atomic E-state index is -3.67. The number of rotatable bonds is 4. The quantitative estimate of drug-likeness (QED) is 0.552. The van der Waals surface area contributed by atoms with Crippen LogP contribution >= 0.6 is 0 Å². The van der Waals surface area contributed by atoms with E-state index in [1.54, 1.807) is 42.6 Å². The Balaban J connectivity index is 1.79. The lowest BCUT2D eigenvalue weighted by Crippen LogP contribution is -2.12. The maximum atomic E-state index is 12.8. The summed E-state index contributed by atoms with van der Waals surface area (Å²) in [6.07, 6.45) is 5.12. The summed E-state index contributed by atoms with van der Waals surface area (Å²) in [5.74, 6) is 0. The monoisotopic (exact) mass is 366 g/mol. The van der Waals surface area contributed by atoms with E-state index in [4.69, 9.17) is 0 Å². The van der Waals surface area contributed by atoms with E-state index in [1.807, 2.05) is 23.0 Å². The molecule has 0 aliphatic heterocycles. The van der Waals surface area contributed by atoms with Gasteiger partial charge in [0.25, 0.3) is 10.0 Å². The van der Waals surface area contributed by atoms with Gasteiger partial charge in [-0.05, 0) is 44.2 Å². The lowest BCUT2D eigenvalue weighted by molar-refractivity contribution is 0.534. The second-order valence-corrected chi connectivity index (χ2v) is 8.16. The number of pyridine rings is 1. The molecule has 0 atom stereocenters. The third kappa shape index (κ3) is 2.70. The van der Waals surface area contributed by atoms with E-state index in [9.17, 15) is 8.42 Å². The van der Waals surface area contributed by atoms with Gasteiger partial charge in [0.1, 0.15) is 0 Å². The van der Waals surface area contributed by atoms with Crippen LogP contribution in [0, 0.1) is 0 Å². The number of nitrogens with zero attached hydrogens (tertiary/aromatic N) is 4. The highest BCUT2D eigenvalue weighted by atomic mass is 32.2. The lowest BCUT2D eigenvalue weighted by atomic mass is 10.2. The van der Waals surface area contributed by atoms with Crippen molar-refractivity contribution >= 4 is 21.1 Å². The van der Waals surface area contributed by atoms with E-state index in [0.29, 0.717) is 5.65 Å². The maximum absolute atomic E-state index is 12.8. The Kier molecular flexibility index (Phi) is 3.88. The van der Waals surface area contributed by atoms with E-state index in [2.05, 4.69) is 23.9 Å². The van der Waals surface area contributed by atoms with Crippen LogP contribution in [0.3, 0.4) is 0 Å². The number of aromatic nitrogens is 4. The molecule has 6 nitrogen and oxygen atoms in total. The van der Waals surface area contributed by atoms with Gasteiger partial charge in [0.05, 0.1) is 10.6 Å². The third-order valence-electron chi connectivity index (χ3n) is 4.23. The topological polar surface area (TPSA) is 69.8 Å². The Labute approximate surface area is 151 Å². The molecule has 0 amide bonds. The maximum Gasteiger partial charge on any atom is 0.269 e. The van der Waals surface area contributed by atoms with Gasteiger partial charge in [0.15, 0.2) is 5.65 Å². The van der Waals surface area contributed by atoms with Gasteiger partial charge in [-0.1, -0.05) is 18.2 Å². The van der Waals surface area contributed by atoms with E-state index in [0.717, 1.165) is 16.6 Å². The molecule has 0 aliphatic carbocycles. The minimum Gasteiger partial charge on any atom is -0.270 e. The first-order chi connectivity index (χ1) is 12.5. The molecule has 0 radical (unpaired) electrons. The molecule has 0 bridgehead atoms. The van der Waals surface area contributed by atoms with Crippen LogP contribution in [-0.4, -0.2) is 27.2 Å². The second kappa shape index (κ2) is 6.10. The van der Waals surface area contributed by atoms with Crippen LogP contribution in [0.2, 0.25) is 0 Å². The first-order valence-corrected chi connectivity index (χ1v) is 9.74. The van der Waals surface area contributed by atoms with Crippen molar-refractivity contribution in [1.82, 2.24) is 18.7 Å². The van der Waals surface area contributed by atoms with Crippen LogP contribution in [0.25, 0.3) is 22.3 Å². The van der Waals surface area contributed by atoms with Gasteiger partial charge in [-0.15, -0.1) is 0 Å². The van der Waals surface area contributed by atoms with Gasteiger partial charge in [0.2, 0.25) is 0 Å². The summed E-state index contributed by atoms with van der Waals surface area (Å²) in [6, 6.07) is 14.2. The Morgan fingerprint density at radius 3 is 2.46 bits per heavy atom. The van der Waals surface area contributed by atoms with Crippen LogP contribution in [0.1, 0.15) is 19.9 Å². The van der Waals surface area contributed by atoms with Crippen molar-refractivity contribution in [2.45, 2.75) is 24.8 Å². The summed E-state index contributed by atoms with van der Waals surface area (Å²) < 4.78 is 28.8. The normalized spacial score (nSPS) is 12.1. The first-order valence-electron chi connectivity index (χ1n) is 8.30. The molecule has 0 spiro atoms. The predicted octanol–water partition coefficient (Wildman–Crippen LogP) is 3.72. The van der Waals surface area contributed by atoms with Crippen LogP contribution in [-0.2, 0) is 10.0 Å². The number of hydrogen-bond acceptors (Lipinski definition) is 4. The highest BCUT2D eigenvalue weighted by Gasteiger charge is 2.19. The fourth-order valence-corrected chi connectivity index (χ4v) is 4.15. The van der Waals surface area contributed by atoms with E-state index in [1.165, 1.54) is 10.2 Å². The second-order valence-electron chi connectivity index (χ2n) is 6.34. The van der Waals surface area contributed by atoms with Crippen molar-refractivity contribution in [3.05, 3.63) is 67.1 Å². The van der Waals surface area contributed by atoms with Crippen LogP contribution in [0.4, 0.5) is 0 Å². The summed E-state index contributed by atoms with van der Waals surface area (Å²) in [4.78, 5) is 4.63. The standard InChI is InChI=1S/C19H18N4O2S/c1-14(2)22-10-9-18(21-22)16-12-15-8-11-23(19(15)20-13-16)26(24,25)17-6-4-3-5-7-17/h3-14H,1-2H3. The molecule has 3 aromatic heterocycles. The zero-order valence-corrected chi connectivity index (χ0v) is 15.3. The smallest absolute Gasteiger partial charge is 0.269 e. The lowest BCUT2D eigenvalue weighted by Gasteiger charge is -2.07. The highest BCUT2D eigenvalue weighted by Crippen LogP contribution is 2.25. The molecule has 4 aromatic rings. The molecular formula is C19H18N4O2S. The minimum absolute atomic E-state index is 0.235. The fraction of sp³-hybridized carbons (Fsp3) is 0.158. The Bertz CT molecular complexity index is 1170. The zero-order chi connectivity index (χ0) is 18.3. The number of fused-ring (bicyclic) bond motifs is 1. The molecule has 0 N–H and O–H groups in total. The van der Waals surface area contributed by atoms with Crippen molar-refractivity contribution in [2.75, 3.05) is 0 Å². The predicted molar refractivity (Wildman–Crippen MR) is 100 cm³/mol. The zero-order valence-electron chi connectivity index (χ0n) is 14.4. The van der Waals surface area contributed by atoms with Crippen LogP contribution in [0.5, 0.6) is 0 Å². The molecule has 0 saturated heterocycles. The number of hydrogen-bond donors (Lipinski definition) is 0. The highest BCUT2D eigenvalue weighted by molar-refractivity contribution is 7.90. The average Bonchev–Trinajstić information content (AvgIpc) is 3.29. The summed E-state index contributed by atoms with van der Waals surface area (Å²) >= 11 is 0. The van der Waals surface area contributed by atoms with Gasteiger partial charge in [0, 0.05) is 35.6 Å². The molecule has 0 unspecified atom stereocenters. The van der Waals surface area contributed by atoms with E-state index in [-0.39, 0.29) is 10.9 Å². The fourth-order valence-electron chi connectivity index (χ4n) is 2.82. The SMILES string of the molecule is CC(C)n1ccc(-c2cnc3c(ccn3S(=O)(=O)c3ccccc3)c2)n1. The summed E-state index contributed by atoms with van der Waals surface area (Å²) in [5.41, 5.74) is 2.07. The van der Waals surface area contributed by atoms with Gasteiger partial charge >= 0.3 is 0 Å². The molecule has 132 valence electrons. The van der Waals surface area contributed by atoms with E-state index < -0.39 is 10.0 Å². The van der Waals surface area contributed by atoms with Gasteiger partial charge in [-0.25, -0.2) is 17.4 Å². The number of benzene rings is 1. The van der Waals surface area contributed by atoms with Crippen molar-refractivity contribution in [1.29, 1.82) is 0 Å². The first kappa shape index (κ1) is 16.5. The van der Waals surface area contributed by atoms with Gasteiger partial charge in [-0.3, -0.25) is 4.68 Å². The molecular weight excluding hydrogens is 348 g/mol. The van der Waals surface area contributed by atoms with Gasteiger partial charge in [-0.2, -0.15) is 5.10 Å². The molecule has 0 fully saturated rings. The van der Waals surface area contributed by atoms with E-state index >= 15 is 0 Å². The van der Waals surface area contributed by atoms with Crippen LogP contribution in [0.15, 0.2) is 72.0 Å². The Morgan fingerprint density at radius 1 is 1.00 bits per heavy atom. The van der Waals surface area contributed by atoms with Gasteiger partial charge < -0.3 is 0 Å².